The van der Waals surface area contributed by atoms with Crippen molar-refractivity contribution in [2.24, 2.45) is 0 Å². The van der Waals surface area contributed by atoms with Crippen molar-refractivity contribution in [3.63, 3.8) is 0 Å². The number of benzene rings is 8. The molecule has 0 amide bonds. The monoisotopic (exact) mass is 664 g/mol. The van der Waals surface area contributed by atoms with Crippen molar-refractivity contribution < 1.29 is 8.83 Å². The SMILES string of the molecule is c1ccc2c(c1)oc1ccc(-c3ccc4c(c3)c3ccccc3n4-c3ccc4oc5c(-n6c7ccccc7c7ccccc76)cccc5c4c3)cc12. The number of para-hydroxylation sites is 5. The van der Waals surface area contributed by atoms with E-state index in [1.165, 1.54) is 49.2 Å². The Morgan fingerprint density at radius 2 is 0.827 bits per heavy atom. The molecule has 0 unspecified atom stereocenters. The van der Waals surface area contributed by atoms with Gasteiger partial charge in [-0.25, -0.2) is 0 Å². The van der Waals surface area contributed by atoms with Crippen molar-refractivity contribution in [2.75, 3.05) is 0 Å². The number of nitrogens with zero attached hydrogens (tertiary/aromatic N) is 2. The van der Waals surface area contributed by atoms with E-state index in [-0.39, 0.29) is 0 Å². The normalized spacial score (nSPS) is 12.2. The topological polar surface area (TPSA) is 36.1 Å². The van der Waals surface area contributed by atoms with Gasteiger partial charge in [-0.3, -0.25) is 0 Å². The van der Waals surface area contributed by atoms with Crippen molar-refractivity contribution in [3.8, 4) is 22.5 Å². The zero-order valence-electron chi connectivity index (χ0n) is 27.9. The van der Waals surface area contributed by atoms with Gasteiger partial charge in [0, 0.05) is 48.8 Å². The molecule has 4 aromatic heterocycles. The molecule has 12 aromatic rings. The van der Waals surface area contributed by atoms with E-state index in [9.17, 15) is 0 Å². The molecule has 0 saturated carbocycles. The van der Waals surface area contributed by atoms with E-state index in [1.807, 2.05) is 12.1 Å². The summed E-state index contributed by atoms with van der Waals surface area (Å²) in [4.78, 5) is 0. The fourth-order valence-corrected chi connectivity index (χ4v) is 8.61. The predicted octanol–water partition coefficient (Wildman–Crippen LogP) is 13.3. The van der Waals surface area contributed by atoms with Gasteiger partial charge in [-0.1, -0.05) is 97.1 Å². The van der Waals surface area contributed by atoms with Gasteiger partial charge in [0.15, 0.2) is 5.58 Å². The molecule has 0 spiro atoms. The Kier molecular flexibility index (Phi) is 5.47. The fourth-order valence-electron chi connectivity index (χ4n) is 8.61. The van der Waals surface area contributed by atoms with Crippen LogP contribution in [-0.2, 0) is 0 Å². The summed E-state index contributed by atoms with van der Waals surface area (Å²) in [5, 5.41) is 9.38. The first-order valence-electron chi connectivity index (χ1n) is 17.7. The highest BCUT2D eigenvalue weighted by Gasteiger charge is 2.19. The predicted molar refractivity (Wildman–Crippen MR) is 215 cm³/mol. The van der Waals surface area contributed by atoms with Gasteiger partial charge in [0.1, 0.15) is 16.7 Å². The minimum absolute atomic E-state index is 0.872. The highest BCUT2D eigenvalue weighted by Crippen LogP contribution is 2.41. The van der Waals surface area contributed by atoms with Crippen LogP contribution in [-0.4, -0.2) is 9.13 Å². The molecule has 8 aromatic carbocycles. The average Bonchev–Trinajstić information content (AvgIpc) is 3.95. The van der Waals surface area contributed by atoms with Crippen LogP contribution in [0.15, 0.2) is 179 Å². The minimum Gasteiger partial charge on any atom is -0.456 e. The van der Waals surface area contributed by atoms with Gasteiger partial charge in [-0.05, 0) is 83.9 Å². The third kappa shape index (κ3) is 3.75. The van der Waals surface area contributed by atoms with E-state index in [0.29, 0.717) is 0 Å². The molecule has 0 fully saturated rings. The summed E-state index contributed by atoms with van der Waals surface area (Å²) in [5.74, 6) is 0. The Bertz CT molecular complexity index is 3370. The molecule has 0 saturated heterocycles. The molecule has 242 valence electrons. The Hall–Kier alpha value is -7.04. The summed E-state index contributed by atoms with van der Waals surface area (Å²) in [6.45, 7) is 0. The van der Waals surface area contributed by atoms with Crippen molar-refractivity contribution in [2.45, 2.75) is 0 Å². The molecule has 0 atom stereocenters. The maximum atomic E-state index is 6.73. The molecule has 4 heteroatoms. The fraction of sp³-hybridized carbons (Fsp3) is 0. The Labute approximate surface area is 296 Å². The minimum atomic E-state index is 0.872. The molecule has 4 nitrogen and oxygen atoms in total. The largest absolute Gasteiger partial charge is 0.456 e. The van der Waals surface area contributed by atoms with Crippen LogP contribution in [0.3, 0.4) is 0 Å². The Balaban J connectivity index is 1.05. The molecule has 12 rings (SSSR count). The van der Waals surface area contributed by atoms with Crippen molar-refractivity contribution >= 4 is 87.5 Å². The lowest BCUT2D eigenvalue weighted by Crippen LogP contribution is -1.94. The van der Waals surface area contributed by atoms with Crippen LogP contribution in [0.4, 0.5) is 0 Å². The summed E-state index contributed by atoms with van der Waals surface area (Å²) >= 11 is 0. The third-order valence-corrected chi connectivity index (χ3v) is 10.9. The standard InChI is InChI=1S/C48H28N2O2/c1-6-16-41-32(10-1)33-11-2-7-17-42(33)50(41)44-18-9-14-36-39-28-31(22-25-47(39)52-48(36)44)49-40-15-5-3-12-34(40)37-26-29(20-23-43(37)49)30-21-24-46-38(27-30)35-13-4-8-19-45(35)51-46/h1-28H. The maximum absolute atomic E-state index is 6.73. The van der Waals surface area contributed by atoms with Crippen LogP contribution in [0, 0.1) is 0 Å². The van der Waals surface area contributed by atoms with Crippen molar-refractivity contribution in [1.29, 1.82) is 0 Å². The zero-order chi connectivity index (χ0) is 33.9. The second kappa shape index (κ2) is 10.3. The van der Waals surface area contributed by atoms with E-state index < -0.39 is 0 Å². The van der Waals surface area contributed by atoms with Gasteiger partial charge in [0.25, 0.3) is 0 Å². The molecular weight excluding hydrogens is 637 g/mol. The van der Waals surface area contributed by atoms with E-state index in [4.69, 9.17) is 8.83 Å². The molecular formula is C48H28N2O2. The molecule has 0 N–H and O–H groups in total. The van der Waals surface area contributed by atoms with Gasteiger partial charge in [-0.15, -0.1) is 0 Å². The van der Waals surface area contributed by atoms with Crippen molar-refractivity contribution in [1.82, 2.24) is 9.13 Å². The summed E-state index contributed by atoms with van der Waals surface area (Å²) in [5.41, 5.74) is 12.7. The first-order chi connectivity index (χ1) is 25.8. The zero-order valence-corrected chi connectivity index (χ0v) is 27.9. The number of aromatic nitrogens is 2. The Morgan fingerprint density at radius 3 is 1.60 bits per heavy atom. The summed E-state index contributed by atoms with van der Waals surface area (Å²) in [6, 6.07) is 60.6. The highest BCUT2D eigenvalue weighted by molar-refractivity contribution is 6.14. The van der Waals surface area contributed by atoms with E-state index >= 15 is 0 Å². The highest BCUT2D eigenvalue weighted by atomic mass is 16.3. The summed E-state index contributed by atoms with van der Waals surface area (Å²) in [7, 11) is 0. The van der Waals surface area contributed by atoms with E-state index in [0.717, 1.165) is 60.8 Å². The third-order valence-electron chi connectivity index (χ3n) is 10.9. The van der Waals surface area contributed by atoms with Crippen LogP contribution in [0.25, 0.3) is 110 Å². The lowest BCUT2D eigenvalue weighted by atomic mass is 10.0. The van der Waals surface area contributed by atoms with Gasteiger partial charge in [0.05, 0.1) is 27.8 Å². The second-order valence-corrected chi connectivity index (χ2v) is 13.7. The number of fused-ring (bicyclic) bond motifs is 12. The lowest BCUT2D eigenvalue weighted by molar-refractivity contribution is 0.666. The molecule has 0 bridgehead atoms. The first kappa shape index (κ1) is 27.7. The molecule has 0 aliphatic heterocycles. The lowest BCUT2D eigenvalue weighted by Gasteiger charge is -2.09. The van der Waals surface area contributed by atoms with Crippen LogP contribution >= 0.6 is 0 Å². The molecule has 52 heavy (non-hydrogen) atoms. The van der Waals surface area contributed by atoms with Crippen LogP contribution in [0.5, 0.6) is 0 Å². The summed E-state index contributed by atoms with van der Waals surface area (Å²) in [6.07, 6.45) is 0. The Morgan fingerprint density at radius 1 is 0.308 bits per heavy atom. The van der Waals surface area contributed by atoms with Gasteiger partial charge in [-0.2, -0.15) is 0 Å². The number of hydrogen-bond donors (Lipinski definition) is 0. The molecule has 0 aliphatic rings. The molecule has 0 radical (unpaired) electrons. The van der Waals surface area contributed by atoms with Crippen LogP contribution in [0.2, 0.25) is 0 Å². The van der Waals surface area contributed by atoms with Gasteiger partial charge >= 0.3 is 0 Å². The van der Waals surface area contributed by atoms with Crippen LogP contribution in [0.1, 0.15) is 0 Å². The average molecular weight is 665 g/mol. The quantitative estimate of drug-likeness (QED) is 0.188. The number of rotatable bonds is 3. The smallest absolute Gasteiger partial charge is 0.159 e. The van der Waals surface area contributed by atoms with E-state index in [2.05, 4.69) is 167 Å². The summed E-state index contributed by atoms with van der Waals surface area (Å²) < 4.78 is 17.6. The maximum Gasteiger partial charge on any atom is 0.159 e. The second-order valence-electron chi connectivity index (χ2n) is 13.7. The molecule has 4 heterocycles. The molecule has 0 aliphatic carbocycles. The van der Waals surface area contributed by atoms with Gasteiger partial charge in [0.2, 0.25) is 0 Å². The van der Waals surface area contributed by atoms with E-state index in [1.54, 1.807) is 0 Å². The van der Waals surface area contributed by atoms with Crippen molar-refractivity contribution in [3.05, 3.63) is 170 Å². The number of furan rings is 2. The van der Waals surface area contributed by atoms with Gasteiger partial charge < -0.3 is 18.0 Å². The van der Waals surface area contributed by atoms with Crippen LogP contribution < -0.4 is 0 Å². The first-order valence-corrected chi connectivity index (χ1v) is 17.7. The number of hydrogen-bond acceptors (Lipinski definition) is 2.